The Morgan fingerprint density at radius 2 is 1.28 bits per heavy atom. The lowest BCUT2D eigenvalue weighted by Crippen LogP contribution is -2.36. The van der Waals surface area contributed by atoms with Crippen LogP contribution in [0.25, 0.3) is 0 Å². The molecule has 4 rings (SSSR count). The highest BCUT2D eigenvalue weighted by Crippen LogP contribution is 2.19. The van der Waals surface area contributed by atoms with Crippen molar-refractivity contribution in [3.63, 3.8) is 0 Å². The van der Waals surface area contributed by atoms with Gasteiger partial charge >= 0.3 is 17.6 Å². The molecular weight excluding hydrogens is 796 g/mol. The van der Waals surface area contributed by atoms with E-state index in [2.05, 4.69) is 54.9 Å². The number of carbonyl (C=O) groups excluding carboxylic acids is 3. The van der Waals surface area contributed by atoms with Crippen molar-refractivity contribution in [1.29, 1.82) is 0 Å². The molecular formula is C43H59ClN6O10. The van der Waals surface area contributed by atoms with Crippen LogP contribution in [0.3, 0.4) is 0 Å². The van der Waals surface area contributed by atoms with Gasteiger partial charge in [0.25, 0.3) is 11.4 Å². The number of amides is 2. The van der Waals surface area contributed by atoms with Gasteiger partial charge in [0.15, 0.2) is 0 Å². The second kappa shape index (κ2) is 27.6. The number of benzene rings is 4. The molecule has 2 amide bonds. The van der Waals surface area contributed by atoms with Crippen LogP contribution in [0.2, 0.25) is 0 Å². The third kappa shape index (κ3) is 23.3. The summed E-state index contributed by atoms with van der Waals surface area (Å²) < 4.78 is 20.4. The Kier molecular flexibility index (Phi) is 23.9. The zero-order valence-electron chi connectivity index (χ0n) is 36.9. The number of anilines is 1. The molecule has 0 aliphatic heterocycles. The first-order valence-electron chi connectivity index (χ1n) is 19.6. The molecule has 4 N–H and O–H groups in total. The number of halogens is 1. The van der Waals surface area contributed by atoms with Gasteiger partial charge in [-0.05, 0) is 109 Å². The fourth-order valence-corrected chi connectivity index (χ4v) is 5.12. The smallest absolute Gasteiger partial charge is 0.412 e. The van der Waals surface area contributed by atoms with Crippen molar-refractivity contribution in [3.8, 4) is 11.5 Å². The molecule has 0 fully saturated rings. The van der Waals surface area contributed by atoms with E-state index < -0.39 is 33.1 Å². The minimum absolute atomic E-state index is 0.0532. The molecule has 0 heterocycles. The summed E-state index contributed by atoms with van der Waals surface area (Å²) in [5.41, 5.74) is 7.65. The van der Waals surface area contributed by atoms with Crippen LogP contribution in [0, 0.1) is 27.2 Å². The third-order valence-corrected chi connectivity index (χ3v) is 7.60. The predicted molar refractivity (Wildman–Crippen MR) is 236 cm³/mol. The molecule has 0 aliphatic rings. The zero-order chi connectivity index (χ0) is 46.7. The highest BCUT2D eigenvalue weighted by atomic mass is 35.5. The van der Waals surface area contributed by atoms with Crippen molar-refractivity contribution in [2.24, 2.45) is 5.73 Å². The van der Waals surface area contributed by atoms with E-state index in [0.717, 1.165) is 23.2 Å². The Hall–Kier alpha value is -6.10. The highest BCUT2D eigenvalue weighted by molar-refractivity contribution is 6.61. The van der Waals surface area contributed by atoms with Crippen molar-refractivity contribution in [2.75, 3.05) is 11.9 Å². The molecule has 328 valence electrons. The van der Waals surface area contributed by atoms with Crippen LogP contribution in [0.4, 0.5) is 31.4 Å². The number of nitrogens with zero attached hydrogens (tertiary/aromatic N) is 3. The van der Waals surface area contributed by atoms with Crippen LogP contribution in [0.1, 0.15) is 80.9 Å². The molecule has 60 heavy (non-hydrogen) atoms. The second-order valence-electron chi connectivity index (χ2n) is 14.1. The van der Waals surface area contributed by atoms with E-state index in [4.69, 9.17) is 28.2 Å². The van der Waals surface area contributed by atoms with Crippen molar-refractivity contribution in [3.05, 3.63) is 134 Å². The lowest BCUT2D eigenvalue weighted by Gasteiger charge is -2.28. The summed E-state index contributed by atoms with van der Waals surface area (Å²) in [6.45, 7) is 20.6. The van der Waals surface area contributed by atoms with E-state index in [0.29, 0.717) is 30.9 Å². The molecule has 17 heteroatoms. The molecule has 0 radical (unpaired) electrons. The first kappa shape index (κ1) is 51.9. The van der Waals surface area contributed by atoms with Gasteiger partial charge < -0.3 is 25.3 Å². The van der Waals surface area contributed by atoms with E-state index in [1.165, 1.54) is 55.9 Å². The van der Waals surface area contributed by atoms with E-state index in [1.54, 1.807) is 6.07 Å². The average molecular weight is 856 g/mol. The topological polar surface area (TPSA) is 218 Å². The van der Waals surface area contributed by atoms with Crippen molar-refractivity contribution in [1.82, 2.24) is 10.2 Å². The average Bonchev–Trinajstić information content (AvgIpc) is 3.18. The fourth-order valence-electron chi connectivity index (χ4n) is 5.03. The number of hydrogen-bond acceptors (Lipinski definition) is 12. The van der Waals surface area contributed by atoms with Crippen LogP contribution >= 0.6 is 11.6 Å². The molecule has 4 aromatic rings. The van der Waals surface area contributed by atoms with Gasteiger partial charge in [-0.15, -0.1) is 0 Å². The summed E-state index contributed by atoms with van der Waals surface area (Å²) in [7, 11) is 1.25. The number of hydrogen-bond donors (Lipinski definition) is 3. The Morgan fingerprint density at radius 1 is 0.800 bits per heavy atom. The minimum Gasteiger partial charge on any atom is -0.444 e. The van der Waals surface area contributed by atoms with E-state index in [1.807, 2.05) is 70.2 Å². The number of rotatable bonds is 11. The van der Waals surface area contributed by atoms with Crippen molar-refractivity contribution >= 4 is 46.3 Å². The summed E-state index contributed by atoms with van der Waals surface area (Å²) in [6, 6.07) is 26.8. The van der Waals surface area contributed by atoms with E-state index >= 15 is 0 Å². The van der Waals surface area contributed by atoms with Gasteiger partial charge in [-0.1, -0.05) is 56.3 Å². The van der Waals surface area contributed by atoms with Gasteiger partial charge in [0.2, 0.25) is 0 Å². The lowest BCUT2D eigenvalue weighted by atomic mass is 10.1. The molecule has 0 aromatic heterocycles. The van der Waals surface area contributed by atoms with Crippen LogP contribution in [-0.2, 0) is 17.8 Å². The first-order valence-corrected chi connectivity index (χ1v) is 18.9. The predicted octanol–water partition coefficient (Wildman–Crippen LogP) is 10.8. The summed E-state index contributed by atoms with van der Waals surface area (Å²) in [5.74, 6) is 0.424. The van der Waals surface area contributed by atoms with Crippen LogP contribution < -0.4 is 25.8 Å². The van der Waals surface area contributed by atoms with Gasteiger partial charge in [0.05, 0.1) is 9.85 Å². The monoisotopic (exact) mass is 855 g/mol. The molecule has 16 nitrogen and oxygen atoms in total. The molecule has 0 unspecified atom stereocenters. The van der Waals surface area contributed by atoms with Gasteiger partial charge in [-0.3, -0.25) is 30.4 Å². The van der Waals surface area contributed by atoms with Crippen molar-refractivity contribution in [2.45, 2.75) is 100 Å². The Morgan fingerprint density at radius 3 is 1.68 bits per heavy atom. The number of nitrogens with two attached hydrogens (primary N) is 1. The zero-order valence-corrected chi connectivity index (χ0v) is 36.6. The van der Waals surface area contributed by atoms with E-state index in [9.17, 15) is 34.6 Å². The molecule has 4 aromatic carbocycles. The minimum atomic E-state index is -0.978. The molecule has 0 bridgehead atoms. The number of nitro benzene ring substituents is 2. The SMILES string of the molecule is CC(C)(C)OC(=O)Nc1cccc(CN)c1.CCN(C(C)C)C(C)C.Cc1cccc(CNC(=O)Oc2ccc([N+](=O)[O-])cc2)c1.O=C(Cl)Oc1ccc([N+](=O)[O-])cc1.[2H]C. The number of carbonyl (C=O) groups is 3. The number of non-ortho nitro benzene ring substituents is 2. The van der Waals surface area contributed by atoms with Crippen LogP contribution in [0.15, 0.2) is 97.1 Å². The Labute approximate surface area is 359 Å². The maximum atomic E-state index is 11.6. The molecule has 0 saturated carbocycles. The van der Waals surface area contributed by atoms with Gasteiger partial charge in [0, 0.05) is 68.1 Å². The highest BCUT2D eigenvalue weighted by Gasteiger charge is 2.16. The lowest BCUT2D eigenvalue weighted by molar-refractivity contribution is -0.385. The molecule has 0 atom stereocenters. The number of nitro groups is 2. The number of aryl methyl sites for hydroxylation is 1. The largest absolute Gasteiger partial charge is 0.444 e. The summed E-state index contributed by atoms with van der Waals surface area (Å²) in [5, 5.41) is 26.0. The number of nitrogens with one attached hydrogen (secondary N) is 2. The fraction of sp³-hybridized carbons (Fsp3) is 0.372. The van der Waals surface area contributed by atoms with Crippen LogP contribution in [-0.4, -0.2) is 56.6 Å². The molecule has 0 saturated heterocycles. The standard InChI is InChI=1S/C15H14N2O4.C12H18N2O2.C8H19N.C7H4ClNO4.CH4/c1-11-3-2-4-12(9-11)10-16-15(18)21-14-7-5-13(6-8-14)17(19)20;1-12(2,3)16-11(15)14-10-6-4-5-9(7-10)8-13;1-6-9(7(2)3)8(4)5;8-7(10)13-6-3-1-5(2-4-6)9(11)12;/h2-9H,10H2,1H3,(H,16,18);4-7H,8,13H2,1-3H3,(H,14,15);7-8H,6H2,1-5H3;1-4H;1H4/i;;;;1D. The maximum absolute atomic E-state index is 11.6. The number of ether oxygens (including phenoxy) is 3. The maximum Gasteiger partial charge on any atom is 0.412 e. The van der Waals surface area contributed by atoms with E-state index in [-0.39, 0.29) is 22.9 Å². The Balaban J connectivity index is 0.000000808. The quantitative estimate of drug-likeness (QED) is 0.0729. The van der Waals surface area contributed by atoms with Gasteiger partial charge in [-0.25, -0.2) is 14.4 Å². The summed E-state index contributed by atoms with van der Waals surface area (Å²) in [6.07, 6.45) is -1.06. The van der Waals surface area contributed by atoms with Crippen LogP contribution in [0.5, 0.6) is 11.5 Å². The molecule has 0 spiro atoms. The van der Waals surface area contributed by atoms with Gasteiger partial charge in [0.1, 0.15) is 17.1 Å². The third-order valence-electron chi connectivity index (χ3n) is 7.52. The molecule has 0 aliphatic carbocycles. The van der Waals surface area contributed by atoms with Gasteiger partial charge in [-0.2, -0.15) is 0 Å². The Bertz CT molecular complexity index is 1940. The summed E-state index contributed by atoms with van der Waals surface area (Å²) >= 11 is 4.92. The van der Waals surface area contributed by atoms with Crippen molar-refractivity contribution < 1.29 is 39.8 Å². The summed E-state index contributed by atoms with van der Waals surface area (Å²) in [4.78, 5) is 55.4. The first-order chi connectivity index (χ1) is 28.6. The normalized spacial score (nSPS) is 10.3. The second-order valence-corrected chi connectivity index (χ2v) is 14.4.